The zero-order valence-electron chi connectivity index (χ0n) is 17.7. The van der Waals surface area contributed by atoms with Crippen LogP contribution in [0.25, 0.3) is 0 Å². The Morgan fingerprint density at radius 3 is 2.61 bits per heavy atom. The SMILES string of the molecule is CCCCC1(C(O)C=C[C@H]2CC[C@H](O)[C@@H]2CC=CC(C)CCC(=O)O)CCC1. The highest BCUT2D eigenvalue weighted by atomic mass is 16.4. The summed E-state index contributed by atoms with van der Waals surface area (Å²) in [7, 11) is 0. The van der Waals surface area contributed by atoms with E-state index in [1.165, 1.54) is 19.3 Å². The van der Waals surface area contributed by atoms with Crippen molar-refractivity contribution in [2.75, 3.05) is 0 Å². The Kier molecular flexibility index (Phi) is 9.23. The molecule has 0 amide bonds. The highest BCUT2D eigenvalue weighted by Gasteiger charge is 2.42. The van der Waals surface area contributed by atoms with Crippen molar-refractivity contribution in [1.82, 2.24) is 0 Å². The van der Waals surface area contributed by atoms with Crippen molar-refractivity contribution in [3.05, 3.63) is 24.3 Å². The predicted molar refractivity (Wildman–Crippen MR) is 113 cm³/mol. The molecule has 0 bridgehead atoms. The van der Waals surface area contributed by atoms with Gasteiger partial charge in [-0.05, 0) is 68.1 Å². The van der Waals surface area contributed by atoms with Crippen molar-refractivity contribution < 1.29 is 20.1 Å². The first-order chi connectivity index (χ1) is 13.4. The number of carbonyl (C=O) groups is 1. The van der Waals surface area contributed by atoms with Gasteiger partial charge in [0, 0.05) is 6.42 Å². The maximum Gasteiger partial charge on any atom is 0.303 e. The fraction of sp³-hybridized carbons (Fsp3) is 0.792. The molecule has 5 atom stereocenters. The van der Waals surface area contributed by atoms with Crippen LogP contribution in [0.4, 0.5) is 0 Å². The summed E-state index contributed by atoms with van der Waals surface area (Å²) in [4.78, 5) is 10.7. The topological polar surface area (TPSA) is 77.8 Å². The van der Waals surface area contributed by atoms with Crippen LogP contribution >= 0.6 is 0 Å². The number of allylic oxidation sites excluding steroid dienone is 3. The summed E-state index contributed by atoms with van der Waals surface area (Å²) in [6.07, 6.45) is 18.1. The molecule has 28 heavy (non-hydrogen) atoms. The quantitative estimate of drug-likeness (QED) is 0.404. The van der Waals surface area contributed by atoms with Crippen molar-refractivity contribution in [2.24, 2.45) is 23.2 Å². The Morgan fingerprint density at radius 1 is 1.25 bits per heavy atom. The molecule has 2 aliphatic carbocycles. The Bertz CT molecular complexity index is 535. The summed E-state index contributed by atoms with van der Waals surface area (Å²) in [5.41, 5.74) is 0.0959. The van der Waals surface area contributed by atoms with Gasteiger partial charge in [-0.15, -0.1) is 0 Å². The first kappa shape index (κ1) is 23.2. The molecule has 0 aliphatic heterocycles. The van der Waals surface area contributed by atoms with E-state index in [2.05, 4.69) is 25.2 Å². The number of aliphatic hydroxyl groups excluding tert-OH is 2. The fourth-order valence-electron chi connectivity index (χ4n) is 4.87. The number of aliphatic hydroxyl groups is 2. The second-order valence-corrected chi connectivity index (χ2v) is 9.20. The molecule has 160 valence electrons. The van der Waals surface area contributed by atoms with Crippen molar-refractivity contribution in [3.8, 4) is 0 Å². The van der Waals surface area contributed by atoms with Gasteiger partial charge in [0.1, 0.15) is 0 Å². The summed E-state index contributed by atoms with van der Waals surface area (Å²) >= 11 is 0. The number of unbranched alkanes of at least 4 members (excludes halogenated alkanes) is 1. The summed E-state index contributed by atoms with van der Waals surface area (Å²) in [6.45, 7) is 4.24. The van der Waals surface area contributed by atoms with Crippen LogP contribution < -0.4 is 0 Å². The van der Waals surface area contributed by atoms with Crippen molar-refractivity contribution >= 4 is 5.97 Å². The predicted octanol–water partition coefficient (Wildman–Crippen LogP) is 5.10. The summed E-state index contributed by atoms with van der Waals surface area (Å²) in [6, 6.07) is 0. The van der Waals surface area contributed by atoms with E-state index in [1.54, 1.807) is 0 Å². The van der Waals surface area contributed by atoms with Crippen molar-refractivity contribution in [1.29, 1.82) is 0 Å². The second-order valence-electron chi connectivity index (χ2n) is 9.20. The van der Waals surface area contributed by atoms with Crippen LogP contribution in [0.5, 0.6) is 0 Å². The number of carboxylic acids is 1. The summed E-state index contributed by atoms with van der Waals surface area (Å²) < 4.78 is 0. The number of rotatable bonds is 12. The van der Waals surface area contributed by atoms with E-state index in [-0.39, 0.29) is 35.9 Å². The molecule has 0 spiro atoms. The number of carboxylic acid groups (broad SMARTS) is 1. The van der Waals surface area contributed by atoms with Gasteiger partial charge in [-0.3, -0.25) is 4.79 Å². The molecular weight excluding hydrogens is 352 g/mol. The highest BCUT2D eigenvalue weighted by Crippen LogP contribution is 2.48. The monoisotopic (exact) mass is 392 g/mol. The zero-order chi connectivity index (χ0) is 20.6. The second kappa shape index (κ2) is 11.2. The Labute approximate surface area is 170 Å². The third-order valence-electron chi connectivity index (χ3n) is 7.07. The lowest BCUT2D eigenvalue weighted by atomic mass is 9.62. The lowest BCUT2D eigenvalue weighted by Crippen LogP contribution is -2.40. The van der Waals surface area contributed by atoms with Crippen LogP contribution in [0.3, 0.4) is 0 Å². The molecule has 0 aromatic carbocycles. The van der Waals surface area contributed by atoms with Crippen LogP contribution in [0.2, 0.25) is 0 Å². The maximum absolute atomic E-state index is 10.8. The van der Waals surface area contributed by atoms with Gasteiger partial charge in [0.2, 0.25) is 0 Å². The average molecular weight is 393 g/mol. The van der Waals surface area contributed by atoms with E-state index in [1.807, 2.05) is 13.0 Å². The number of hydrogen-bond acceptors (Lipinski definition) is 3. The van der Waals surface area contributed by atoms with Gasteiger partial charge in [0.15, 0.2) is 0 Å². The molecule has 0 aromatic heterocycles. The minimum atomic E-state index is -0.751. The highest BCUT2D eigenvalue weighted by molar-refractivity contribution is 5.66. The van der Waals surface area contributed by atoms with E-state index in [0.29, 0.717) is 12.3 Å². The molecule has 0 saturated heterocycles. The molecule has 4 heteroatoms. The normalized spacial score (nSPS) is 29.2. The summed E-state index contributed by atoms with van der Waals surface area (Å²) in [5.74, 6) is -0.00724. The standard InChI is InChI=1S/C24H40O4/c1-3-4-15-24(16-6-17-24)22(26)13-11-19-10-12-21(25)20(19)8-5-7-18(2)9-14-23(27)28/h5,7,11,13,18-22,25-26H,3-4,6,8-10,12,14-17H2,1-2H3,(H,27,28)/t18?,19-,20-,21+,22?/m1/s1. The molecular formula is C24H40O4. The van der Waals surface area contributed by atoms with Crippen LogP contribution in [-0.2, 0) is 4.79 Å². The van der Waals surface area contributed by atoms with Gasteiger partial charge in [0.05, 0.1) is 12.2 Å². The molecule has 2 fully saturated rings. The molecule has 2 saturated carbocycles. The van der Waals surface area contributed by atoms with Gasteiger partial charge >= 0.3 is 5.97 Å². The summed E-state index contributed by atoms with van der Waals surface area (Å²) in [5, 5.41) is 30.0. The fourth-order valence-corrected chi connectivity index (χ4v) is 4.87. The molecule has 0 aromatic rings. The van der Waals surface area contributed by atoms with Crippen LogP contribution in [0.15, 0.2) is 24.3 Å². The van der Waals surface area contributed by atoms with E-state index < -0.39 is 5.97 Å². The smallest absolute Gasteiger partial charge is 0.303 e. The lowest BCUT2D eigenvalue weighted by Gasteiger charge is -2.45. The molecule has 0 radical (unpaired) electrons. The Morgan fingerprint density at radius 2 is 2.00 bits per heavy atom. The third-order valence-corrected chi connectivity index (χ3v) is 7.07. The molecule has 0 heterocycles. The van der Waals surface area contributed by atoms with Crippen molar-refractivity contribution in [3.63, 3.8) is 0 Å². The minimum Gasteiger partial charge on any atom is -0.481 e. The maximum atomic E-state index is 10.8. The number of aliphatic carboxylic acids is 1. The van der Waals surface area contributed by atoms with Gasteiger partial charge in [-0.1, -0.05) is 57.4 Å². The zero-order valence-corrected chi connectivity index (χ0v) is 17.7. The largest absolute Gasteiger partial charge is 0.481 e. The molecule has 3 N–H and O–H groups in total. The molecule has 2 aliphatic rings. The molecule has 4 nitrogen and oxygen atoms in total. The van der Waals surface area contributed by atoms with E-state index >= 15 is 0 Å². The Balaban J connectivity index is 1.87. The van der Waals surface area contributed by atoms with E-state index in [0.717, 1.165) is 38.5 Å². The number of hydrogen-bond donors (Lipinski definition) is 3. The van der Waals surface area contributed by atoms with E-state index in [9.17, 15) is 15.0 Å². The van der Waals surface area contributed by atoms with Gasteiger partial charge in [0.25, 0.3) is 0 Å². The van der Waals surface area contributed by atoms with Crippen LogP contribution in [0.1, 0.15) is 84.5 Å². The van der Waals surface area contributed by atoms with Gasteiger partial charge in [-0.2, -0.15) is 0 Å². The first-order valence-corrected chi connectivity index (χ1v) is 11.3. The Hall–Kier alpha value is -1.13. The van der Waals surface area contributed by atoms with Crippen molar-refractivity contribution in [2.45, 2.75) is 96.7 Å². The van der Waals surface area contributed by atoms with Gasteiger partial charge < -0.3 is 15.3 Å². The minimum absolute atomic E-state index is 0.0959. The van der Waals surface area contributed by atoms with E-state index in [4.69, 9.17) is 5.11 Å². The lowest BCUT2D eigenvalue weighted by molar-refractivity contribution is -0.137. The average Bonchev–Trinajstić information content (AvgIpc) is 2.97. The first-order valence-electron chi connectivity index (χ1n) is 11.3. The molecule has 2 rings (SSSR count). The third kappa shape index (κ3) is 6.45. The van der Waals surface area contributed by atoms with Crippen LogP contribution in [-0.4, -0.2) is 33.5 Å². The van der Waals surface area contributed by atoms with Crippen LogP contribution in [0, 0.1) is 23.2 Å². The molecule has 2 unspecified atom stereocenters. The van der Waals surface area contributed by atoms with Gasteiger partial charge in [-0.25, -0.2) is 0 Å².